The summed E-state index contributed by atoms with van der Waals surface area (Å²) in [7, 11) is -1.34. The monoisotopic (exact) mass is 1940 g/mol. The summed E-state index contributed by atoms with van der Waals surface area (Å²) < 4.78 is 61.6. The Morgan fingerprint density at radius 1 is 0.318 bits per heavy atom. The molecule has 35 heteroatoms. The first kappa shape index (κ1) is 95.5. The lowest BCUT2D eigenvalue weighted by Crippen LogP contribution is -2.41. The molecule has 129 heavy (non-hydrogen) atoms. The molecule has 5 aromatic carbocycles. The van der Waals surface area contributed by atoms with Crippen LogP contribution in [0.15, 0.2) is 312 Å². The number of hydrogen-bond donors (Lipinski definition) is 4. The largest absolute Gasteiger partial charge is 0.508 e. The average molecular weight is 1940 g/mol. The number of rotatable bonds is 12. The second kappa shape index (κ2) is 43.5. The van der Waals surface area contributed by atoms with Crippen LogP contribution in [0.25, 0.3) is 55.6 Å². The number of anilines is 3. The maximum absolute atomic E-state index is 8.78. The highest BCUT2D eigenvalue weighted by atomic mass is 79.9. The van der Waals surface area contributed by atoms with Crippen molar-refractivity contribution in [1.82, 2.24) is 69.8 Å². The van der Waals surface area contributed by atoms with Crippen LogP contribution in [0.3, 0.4) is 0 Å². The third-order valence-corrected chi connectivity index (χ3v) is 22.2. The Kier molecular flexibility index (Phi) is 32.2. The van der Waals surface area contributed by atoms with E-state index in [-0.39, 0.29) is 33.6 Å². The Morgan fingerprint density at radius 3 is 0.992 bits per heavy atom. The van der Waals surface area contributed by atoms with E-state index in [1.54, 1.807) is 73.4 Å². The molecule has 656 valence electrons. The van der Waals surface area contributed by atoms with Gasteiger partial charge in [-0.15, -0.1) is 0 Å². The minimum atomic E-state index is -0.476. The minimum Gasteiger partial charge on any atom is -0.508 e. The molecule has 14 heterocycles. The van der Waals surface area contributed by atoms with Gasteiger partial charge in [0.25, 0.3) is 0 Å². The molecule has 3 aliphatic rings. The Balaban J connectivity index is 0.000000137. The molecule has 3 saturated heterocycles. The third-order valence-electron chi connectivity index (χ3n) is 20.6. The van der Waals surface area contributed by atoms with Gasteiger partial charge in [0, 0.05) is 75.3 Å². The lowest BCUT2D eigenvalue weighted by atomic mass is 9.49. The molecule has 0 saturated carbocycles. The number of benzene rings is 5. The van der Waals surface area contributed by atoms with Crippen LogP contribution in [0, 0.1) is 0 Å². The van der Waals surface area contributed by atoms with Crippen molar-refractivity contribution in [3.05, 3.63) is 317 Å². The van der Waals surface area contributed by atoms with Crippen LogP contribution in [0.4, 0.5) is 17.5 Å². The van der Waals surface area contributed by atoms with Crippen molar-refractivity contribution in [3.63, 3.8) is 0 Å². The smallest absolute Gasteiger partial charge is 0.494 e. The van der Waals surface area contributed by atoms with Crippen molar-refractivity contribution in [3.8, 4) is 74.8 Å². The SMILES string of the molecule is Brc1cccc(Oc2ccccn2)c1.Brc1ccccn1.CC1(C)OB(B2OC(C)(C)C(C)(C)O2)OC1(C)C.CC1(C)OB(c2cccc(Oc3ccccn3)c2)OC1(C)C.Nc1ncnc2ccc(-c3cccc(Oc4ccccn4)c3)nc12.Nc1ncnc2ccc(-c3cccc(Oc4ccccn4)c3)nc12.Nc1ncnc2ccc(Cl)nc12.Oc1cccc(Br)c1. The Morgan fingerprint density at radius 2 is 0.651 bits per heavy atom. The second-order valence-electron chi connectivity index (χ2n) is 31.5. The summed E-state index contributed by atoms with van der Waals surface area (Å²) in [6, 6.07) is 76.4. The molecule has 3 aliphatic heterocycles. The maximum Gasteiger partial charge on any atom is 0.494 e. The Labute approximate surface area is 778 Å². The molecule has 16 aromatic rings. The number of phenolic OH excluding ortho intramolecular Hbond substituents is 1. The predicted molar refractivity (Wildman–Crippen MR) is 515 cm³/mol. The highest BCUT2D eigenvalue weighted by molar-refractivity contribution is 9.11. The number of pyridine rings is 8. The molecule has 7 N–H and O–H groups in total. The molecule has 0 bridgehead atoms. The zero-order valence-electron chi connectivity index (χ0n) is 72.6. The van der Waals surface area contributed by atoms with E-state index >= 15 is 0 Å². The van der Waals surface area contributed by atoms with E-state index < -0.39 is 21.1 Å². The zero-order valence-corrected chi connectivity index (χ0v) is 78.1. The van der Waals surface area contributed by atoms with Crippen LogP contribution in [-0.2, 0) is 27.9 Å². The van der Waals surface area contributed by atoms with Gasteiger partial charge in [0.2, 0.25) is 23.5 Å². The molecule has 0 aliphatic carbocycles. The number of halogens is 4. The number of aromatic nitrogens is 14. The minimum absolute atomic E-state index is 0.291. The van der Waals surface area contributed by atoms with Gasteiger partial charge in [-0.1, -0.05) is 122 Å². The lowest BCUT2D eigenvalue weighted by molar-refractivity contribution is 0.00578. The van der Waals surface area contributed by atoms with Crippen LogP contribution in [0.5, 0.6) is 52.3 Å². The number of hydrogen-bond acceptors (Lipinski definition) is 28. The molecular formula is C94H92B3Br3ClN17O11. The Bertz CT molecular complexity index is 6120. The summed E-state index contributed by atoms with van der Waals surface area (Å²) in [5.41, 5.74) is 23.3. The van der Waals surface area contributed by atoms with E-state index in [0.717, 1.165) is 47.3 Å². The van der Waals surface area contributed by atoms with E-state index in [2.05, 4.69) is 118 Å². The quantitative estimate of drug-likeness (QED) is 0.0652. The van der Waals surface area contributed by atoms with Gasteiger partial charge in [-0.3, -0.25) is 0 Å². The van der Waals surface area contributed by atoms with Crippen LogP contribution in [0.2, 0.25) is 5.15 Å². The van der Waals surface area contributed by atoms with Crippen molar-refractivity contribution < 1.29 is 52.0 Å². The first-order chi connectivity index (χ1) is 61.6. The van der Waals surface area contributed by atoms with Gasteiger partial charge < -0.3 is 69.2 Å². The number of nitrogens with zero attached hydrogens (tertiary/aromatic N) is 14. The van der Waals surface area contributed by atoms with E-state index in [9.17, 15) is 0 Å². The highest BCUT2D eigenvalue weighted by Crippen LogP contribution is 2.44. The van der Waals surface area contributed by atoms with Crippen molar-refractivity contribution in [2.24, 2.45) is 0 Å². The average Bonchev–Trinajstić information content (AvgIpc) is 1.57. The Hall–Kier alpha value is -12.6. The topological polar surface area (TPSA) is 371 Å². The molecule has 0 unspecified atom stereocenters. The summed E-state index contributed by atoms with van der Waals surface area (Å²) in [6.07, 6.45) is 12.8. The number of aromatic hydroxyl groups is 1. The van der Waals surface area contributed by atoms with Crippen LogP contribution in [-0.4, -0.2) is 130 Å². The zero-order chi connectivity index (χ0) is 91.9. The van der Waals surface area contributed by atoms with E-state index in [4.69, 9.17) is 80.8 Å². The van der Waals surface area contributed by atoms with E-state index in [1.807, 2.05) is 289 Å². The van der Waals surface area contributed by atoms with Crippen LogP contribution in [0.1, 0.15) is 83.1 Å². The summed E-state index contributed by atoms with van der Waals surface area (Å²) in [4.78, 5) is 57.6. The maximum atomic E-state index is 8.78. The second-order valence-corrected chi connectivity index (χ2v) is 34.6. The van der Waals surface area contributed by atoms with Gasteiger partial charge in [-0.25, -0.2) is 69.8 Å². The van der Waals surface area contributed by atoms with Gasteiger partial charge in [0.05, 0.1) is 61.5 Å². The fourth-order valence-corrected chi connectivity index (χ4v) is 13.0. The molecule has 3 fully saturated rings. The van der Waals surface area contributed by atoms with Gasteiger partial charge in [-0.2, -0.15) is 0 Å². The number of phenols is 1. The van der Waals surface area contributed by atoms with E-state index in [1.165, 1.54) is 19.0 Å². The third kappa shape index (κ3) is 26.8. The first-order valence-corrected chi connectivity index (χ1v) is 43.2. The van der Waals surface area contributed by atoms with Crippen molar-refractivity contribution >= 4 is 137 Å². The number of ether oxygens (including phenoxy) is 4. The van der Waals surface area contributed by atoms with Gasteiger partial charge in [0.15, 0.2) is 17.5 Å². The normalized spacial score (nSPS) is 14.8. The number of fused-ring (bicyclic) bond motifs is 3. The predicted octanol–water partition coefficient (Wildman–Crippen LogP) is 21.2. The van der Waals surface area contributed by atoms with Crippen molar-refractivity contribution in [2.45, 2.75) is 117 Å². The summed E-state index contributed by atoms with van der Waals surface area (Å²) >= 11 is 15.4. The van der Waals surface area contributed by atoms with Crippen molar-refractivity contribution in [2.75, 3.05) is 17.2 Å². The van der Waals surface area contributed by atoms with Crippen LogP contribution < -0.4 is 41.6 Å². The molecule has 0 spiro atoms. The number of nitrogens with two attached hydrogens (primary N) is 3. The number of nitrogen functional groups attached to an aromatic ring is 3. The summed E-state index contributed by atoms with van der Waals surface area (Å²) in [6.45, 7) is 24.4. The van der Waals surface area contributed by atoms with E-state index in [0.29, 0.717) is 102 Å². The molecule has 11 aromatic heterocycles. The van der Waals surface area contributed by atoms with Gasteiger partial charge >= 0.3 is 21.1 Å². The summed E-state index contributed by atoms with van der Waals surface area (Å²) in [5, 5.41) is 9.18. The molecule has 19 rings (SSSR count). The molecule has 0 atom stereocenters. The molecule has 0 radical (unpaired) electrons. The first-order valence-electron chi connectivity index (χ1n) is 40.4. The highest BCUT2D eigenvalue weighted by Gasteiger charge is 2.64. The van der Waals surface area contributed by atoms with Crippen molar-refractivity contribution in [1.29, 1.82) is 0 Å². The molecule has 0 amide bonds. The van der Waals surface area contributed by atoms with Gasteiger partial charge in [0.1, 0.15) is 74.0 Å². The van der Waals surface area contributed by atoms with Gasteiger partial charge in [-0.05, 0) is 250 Å². The lowest BCUT2D eigenvalue weighted by Gasteiger charge is -2.32. The molecule has 28 nitrogen and oxygen atoms in total. The fourth-order valence-electron chi connectivity index (χ4n) is 11.8. The summed E-state index contributed by atoms with van der Waals surface area (Å²) in [5.74, 6) is 6.48. The molecular weight excluding hydrogens is 1850 g/mol. The van der Waals surface area contributed by atoms with Crippen LogP contribution >= 0.6 is 59.4 Å². The standard InChI is InChI=1S/2C18H13N5O.C17H20BNO3.C12H24B2O4.C11H8BrNO.C7H5ClN4.C6H5BrO.C5H4BrN/c2*19-18-17-15(21-11-22-18)8-7-14(23-17)12-4-3-5-13(10-12)24-16-6-1-2-9-20-16;1-16(2)17(3,4)22-18(21-16)13-8-7-9-14(12-13)20-15-10-5-6-11-19-15;1-9(2)10(3,4)16-13(15-9)14-17-11(5,6)12(7,8)18-14;12-9-4-3-5-10(8-9)14-11-6-1-2-7-13-11;8-5-2-1-4-6(12-5)7(9)11-3-10-4;7-5-2-1-3-6(8)4-5;6-5-3-1-2-4-7-5/h2*1-11H,(H2,19,21,22);5-12H,1-4H3;1-8H3;1-8H;1-3H,(H2,9,10,11);1-4,8H;1-4H. The fraction of sp³-hybridized carbons (Fsp3) is 0.191.